The first-order valence-corrected chi connectivity index (χ1v) is 6.03. The molecule has 1 aliphatic heterocycles. The predicted molar refractivity (Wildman–Crippen MR) is 76.8 cm³/mol. The van der Waals surface area contributed by atoms with Gasteiger partial charge in [-0.15, -0.1) is 12.4 Å². The lowest BCUT2D eigenvalue weighted by Gasteiger charge is -2.23. The van der Waals surface area contributed by atoms with Gasteiger partial charge in [0, 0.05) is 23.6 Å². The molecule has 3 rings (SSSR count). The molecule has 1 atom stereocenters. The van der Waals surface area contributed by atoms with Gasteiger partial charge in [-0.25, -0.2) is 0 Å². The number of fused-ring (bicyclic) bond motifs is 1. The molecule has 19 heavy (non-hydrogen) atoms. The number of amides is 1. The standard InChI is InChI=1S/C13H15N3O2.ClH/c17-13(12-8-18-7-6-15-12)16-11-3-1-2-10-9(11)4-5-14-10;/h1-5,12,14-15H,6-8H2,(H,16,17);1H. The number of ether oxygens (including phenoxy) is 1. The zero-order chi connectivity index (χ0) is 12.4. The molecule has 0 radical (unpaired) electrons. The van der Waals surface area contributed by atoms with E-state index in [4.69, 9.17) is 4.74 Å². The highest BCUT2D eigenvalue weighted by Gasteiger charge is 2.21. The smallest absolute Gasteiger partial charge is 0.243 e. The normalized spacial score (nSPS) is 18.8. The number of halogens is 1. The molecule has 3 N–H and O–H groups in total. The van der Waals surface area contributed by atoms with Gasteiger partial charge in [0.2, 0.25) is 5.91 Å². The van der Waals surface area contributed by atoms with Crippen LogP contribution in [0.5, 0.6) is 0 Å². The van der Waals surface area contributed by atoms with Crippen LogP contribution < -0.4 is 10.6 Å². The molecule has 0 spiro atoms. The lowest BCUT2D eigenvalue weighted by atomic mass is 10.2. The van der Waals surface area contributed by atoms with Crippen LogP contribution in [0, 0.1) is 0 Å². The van der Waals surface area contributed by atoms with Gasteiger partial charge in [0.15, 0.2) is 0 Å². The zero-order valence-corrected chi connectivity index (χ0v) is 11.1. The van der Waals surface area contributed by atoms with Crippen LogP contribution in [0.15, 0.2) is 30.5 Å². The number of rotatable bonds is 2. The molecule has 0 aliphatic carbocycles. The number of hydrogen-bond acceptors (Lipinski definition) is 3. The summed E-state index contributed by atoms with van der Waals surface area (Å²) in [7, 11) is 0. The number of carbonyl (C=O) groups excluding carboxylic acids is 1. The van der Waals surface area contributed by atoms with Gasteiger partial charge in [-0.05, 0) is 18.2 Å². The summed E-state index contributed by atoms with van der Waals surface area (Å²) in [5, 5.41) is 7.09. The average molecular weight is 282 g/mol. The van der Waals surface area contributed by atoms with Crippen molar-refractivity contribution in [2.24, 2.45) is 0 Å². The van der Waals surface area contributed by atoms with Crippen LogP contribution in [0.3, 0.4) is 0 Å². The third-order valence-electron chi connectivity index (χ3n) is 3.09. The van der Waals surface area contributed by atoms with E-state index in [2.05, 4.69) is 15.6 Å². The maximum absolute atomic E-state index is 12.1. The van der Waals surface area contributed by atoms with Crippen molar-refractivity contribution in [3.05, 3.63) is 30.5 Å². The third kappa shape index (κ3) is 2.89. The van der Waals surface area contributed by atoms with Crippen molar-refractivity contribution < 1.29 is 9.53 Å². The molecule has 102 valence electrons. The van der Waals surface area contributed by atoms with Crippen LogP contribution >= 0.6 is 12.4 Å². The van der Waals surface area contributed by atoms with Gasteiger partial charge in [0.1, 0.15) is 6.04 Å². The van der Waals surface area contributed by atoms with Crippen molar-refractivity contribution >= 4 is 34.9 Å². The third-order valence-corrected chi connectivity index (χ3v) is 3.09. The molecular weight excluding hydrogens is 266 g/mol. The molecule has 1 aromatic carbocycles. The second kappa shape index (κ2) is 6.06. The number of nitrogens with one attached hydrogen (secondary N) is 3. The van der Waals surface area contributed by atoms with Crippen molar-refractivity contribution in [2.45, 2.75) is 6.04 Å². The molecule has 1 fully saturated rings. The first-order valence-electron chi connectivity index (χ1n) is 6.03. The Morgan fingerprint density at radius 3 is 3.05 bits per heavy atom. The SMILES string of the molecule is Cl.O=C(Nc1cccc2[nH]ccc12)C1COCCN1. The molecule has 5 nitrogen and oxygen atoms in total. The number of hydrogen-bond donors (Lipinski definition) is 3. The van der Waals surface area contributed by atoms with E-state index < -0.39 is 0 Å². The van der Waals surface area contributed by atoms with Crippen LogP contribution in [-0.2, 0) is 9.53 Å². The fraction of sp³-hybridized carbons (Fsp3) is 0.308. The monoisotopic (exact) mass is 281 g/mol. The van der Waals surface area contributed by atoms with E-state index in [9.17, 15) is 4.79 Å². The maximum Gasteiger partial charge on any atom is 0.243 e. The maximum atomic E-state index is 12.1. The molecule has 0 bridgehead atoms. The molecular formula is C13H16ClN3O2. The predicted octanol–water partition coefficient (Wildman–Crippen LogP) is 1.52. The highest BCUT2D eigenvalue weighted by molar-refractivity contribution is 6.03. The molecule has 1 saturated heterocycles. The summed E-state index contributed by atoms with van der Waals surface area (Å²) in [5.41, 5.74) is 1.84. The summed E-state index contributed by atoms with van der Waals surface area (Å²) in [6, 6.07) is 7.48. The van der Waals surface area contributed by atoms with Gasteiger partial charge in [-0.3, -0.25) is 4.79 Å². The van der Waals surface area contributed by atoms with Gasteiger partial charge >= 0.3 is 0 Å². The van der Waals surface area contributed by atoms with Crippen molar-refractivity contribution in [1.82, 2.24) is 10.3 Å². The minimum absolute atomic E-state index is 0. The van der Waals surface area contributed by atoms with Gasteiger partial charge in [-0.1, -0.05) is 6.07 Å². The number of aromatic nitrogens is 1. The van der Waals surface area contributed by atoms with Crippen LogP contribution in [0.2, 0.25) is 0 Å². The quantitative estimate of drug-likeness (QED) is 0.782. The van der Waals surface area contributed by atoms with Crippen molar-refractivity contribution in [3.63, 3.8) is 0 Å². The molecule has 1 unspecified atom stereocenters. The second-order valence-electron chi connectivity index (χ2n) is 4.32. The number of anilines is 1. The Kier molecular flexibility index (Phi) is 4.42. The van der Waals surface area contributed by atoms with Crippen LogP contribution in [-0.4, -0.2) is 36.7 Å². The molecule has 2 heterocycles. The van der Waals surface area contributed by atoms with E-state index in [1.54, 1.807) is 0 Å². The average Bonchev–Trinajstić information content (AvgIpc) is 2.89. The number of morpholine rings is 1. The number of aromatic amines is 1. The Hall–Kier alpha value is -1.56. The summed E-state index contributed by atoms with van der Waals surface area (Å²) >= 11 is 0. The molecule has 1 amide bonds. The Morgan fingerprint density at radius 1 is 1.37 bits per heavy atom. The first kappa shape index (κ1) is 13.9. The van der Waals surface area contributed by atoms with Crippen LogP contribution in [0.25, 0.3) is 10.9 Å². The van der Waals surface area contributed by atoms with Crippen LogP contribution in [0.1, 0.15) is 0 Å². The van der Waals surface area contributed by atoms with Gasteiger partial charge in [0.25, 0.3) is 0 Å². The van der Waals surface area contributed by atoms with Crippen LogP contribution in [0.4, 0.5) is 5.69 Å². The fourth-order valence-corrected chi connectivity index (χ4v) is 2.15. The van der Waals surface area contributed by atoms with E-state index in [0.29, 0.717) is 19.8 Å². The Labute approximate surface area is 117 Å². The number of benzene rings is 1. The lowest BCUT2D eigenvalue weighted by Crippen LogP contribution is -2.48. The zero-order valence-electron chi connectivity index (χ0n) is 10.3. The molecule has 1 aromatic heterocycles. The minimum Gasteiger partial charge on any atom is -0.378 e. The van der Waals surface area contributed by atoms with Gasteiger partial charge < -0.3 is 20.4 Å². The summed E-state index contributed by atoms with van der Waals surface area (Å²) in [4.78, 5) is 15.2. The van der Waals surface area contributed by atoms with E-state index in [1.165, 1.54) is 0 Å². The van der Waals surface area contributed by atoms with E-state index >= 15 is 0 Å². The summed E-state index contributed by atoms with van der Waals surface area (Å²) in [6.45, 7) is 1.80. The van der Waals surface area contributed by atoms with Crippen molar-refractivity contribution in [2.75, 3.05) is 25.1 Å². The highest BCUT2D eigenvalue weighted by Crippen LogP contribution is 2.22. The van der Waals surface area contributed by atoms with Crippen molar-refractivity contribution in [3.8, 4) is 0 Å². The van der Waals surface area contributed by atoms with E-state index in [-0.39, 0.29) is 24.4 Å². The van der Waals surface area contributed by atoms with Gasteiger partial charge in [0.05, 0.1) is 18.9 Å². The number of carbonyl (C=O) groups is 1. The summed E-state index contributed by atoms with van der Waals surface area (Å²) in [5.74, 6) is -0.0524. The van der Waals surface area contributed by atoms with E-state index in [0.717, 1.165) is 16.6 Å². The second-order valence-corrected chi connectivity index (χ2v) is 4.32. The fourth-order valence-electron chi connectivity index (χ4n) is 2.15. The first-order chi connectivity index (χ1) is 8.84. The Balaban J connectivity index is 0.00000133. The summed E-state index contributed by atoms with van der Waals surface area (Å²) in [6.07, 6.45) is 1.86. The van der Waals surface area contributed by atoms with E-state index in [1.807, 2.05) is 30.5 Å². The summed E-state index contributed by atoms with van der Waals surface area (Å²) < 4.78 is 5.28. The molecule has 0 saturated carbocycles. The van der Waals surface area contributed by atoms with Crippen molar-refractivity contribution in [1.29, 1.82) is 0 Å². The largest absolute Gasteiger partial charge is 0.378 e. The molecule has 2 aromatic rings. The molecule has 1 aliphatic rings. The lowest BCUT2D eigenvalue weighted by molar-refractivity contribution is -0.120. The van der Waals surface area contributed by atoms with Gasteiger partial charge in [-0.2, -0.15) is 0 Å². The Bertz CT molecular complexity index is 564. The molecule has 6 heteroatoms. The highest BCUT2D eigenvalue weighted by atomic mass is 35.5. The topological polar surface area (TPSA) is 66.2 Å². The minimum atomic E-state index is -0.270. The Morgan fingerprint density at radius 2 is 2.26 bits per heavy atom. The number of H-pyrrole nitrogens is 1.